The second-order valence-corrected chi connectivity index (χ2v) is 22.1. The van der Waals surface area contributed by atoms with Gasteiger partial charge in [-0.1, -0.05) is 309 Å². The Morgan fingerprint density at radius 1 is 0.386 bits per heavy atom. The van der Waals surface area contributed by atoms with E-state index in [0.717, 1.165) is 44.9 Å². The van der Waals surface area contributed by atoms with Crippen molar-refractivity contribution >= 4 is 11.9 Å². The molecule has 0 radical (unpaired) electrons. The number of hydrogen-bond donors (Lipinski definition) is 3. The van der Waals surface area contributed by atoms with Crippen LogP contribution in [0.4, 0.5) is 0 Å². The number of aliphatic hydroxyl groups excluding tert-OH is 2. The van der Waals surface area contributed by atoms with Gasteiger partial charge < -0.3 is 20.3 Å². The van der Waals surface area contributed by atoms with E-state index in [1.807, 2.05) is 0 Å². The average molecular weight is 989 g/mol. The van der Waals surface area contributed by atoms with Gasteiger partial charge in [0.2, 0.25) is 5.91 Å². The van der Waals surface area contributed by atoms with Gasteiger partial charge in [-0.25, -0.2) is 0 Å². The fraction of sp³-hybridized carbons (Fsp3) is 0.938. The van der Waals surface area contributed by atoms with Gasteiger partial charge in [0.25, 0.3) is 0 Å². The maximum atomic E-state index is 12.4. The first-order chi connectivity index (χ1) is 34.5. The van der Waals surface area contributed by atoms with Crippen LogP contribution >= 0.6 is 0 Å². The van der Waals surface area contributed by atoms with E-state index in [2.05, 4.69) is 31.3 Å². The van der Waals surface area contributed by atoms with Crippen LogP contribution in [-0.2, 0) is 14.3 Å². The first-order valence-corrected chi connectivity index (χ1v) is 31.9. The third kappa shape index (κ3) is 55.9. The van der Waals surface area contributed by atoms with Crippen LogP contribution in [0.3, 0.4) is 0 Å². The minimum absolute atomic E-state index is 0.0120. The van der Waals surface area contributed by atoms with Crippen LogP contribution in [0.2, 0.25) is 0 Å². The minimum atomic E-state index is -0.658. The van der Waals surface area contributed by atoms with Crippen LogP contribution in [0.15, 0.2) is 12.2 Å². The molecule has 0 fully saturated rings. The summed E-state index contributed by atoms with van der Waals surface area (Å²) in [6, 6.07) is -0.535. The Bertz CT molecular complexity index is 1050. The highest BCUT2D eigenvalue weighted by Crippen LogP contribution is 2.18. The smallest absolute Gasteiger partial charge is 0.305 e. The lowest BCUT2D eigenvalue weighted by atomic mass is 10.0. The summed E-state index contributed by atoms with van der Waals surface area (Å²) in [6.07, 6.45) is 72.5. The first-order valence-electron chi connectivity index (χ1n) is 31.9. The van der Waals surface area contributed by atoms with Crippen LogP contribution in [0, 0.1) is 0 Å². The van der Waals surface area contributed by atoms with Crippen molar-refractivity contribution in [1.82, 2.24) is 5.32 Å². The molecule has 2 atom stereocenters. The maximum absolute atomic E-state index is 12.4. The van der Waals surface area contributed by atoms with Gasteiger partial charge in [-0.05, 0) is 51.4 Å². The second kappa shape index (κ2) is 60.2. The molecule has 0 aromatic carbocycles. The summed E-state index contributed by atoms with van der Waals surface area (Å²) < 4.78 is 5.49. The Labute approximate surface area is 438 Å². The maximum Gasteiger partial charge on any atom is 0.305 e. The Morgan fingerprint density at radius 2 is 0.671 bits per heavy atom. The third-order valence-corrected chi connectivity index (χ3v) is 15.1. The molecule has 0 aromatic heterocycles. The molecule has 6 nitrogen and oxygen atoms in total. The lowest BCUT2D eigenvalue weighted by Gasteiger charge is -2.22. The molecule has 2 unspecified atom stereocenters. The van der Waals surface area contributed by atoms with Crippen LogP contribution in [0.1, 0.15) is 361 Å². The standard InChI is InChI=1S/C64H125NO5/c1-3-5-7-9-11-13-14-15-31-35-38-42-46-50-54-58-64(69)70-59-55-51-47-43-39-36-33-30-28-26-24-22-20-18-16-17-19-21-23-25-27-29-32-34-37-41-45-49-53-57-63(68)65-61(60-66)62(67)56-52-48-44-40-12-10-8-6-4-2/h15,31,61-62,66-67H,3-14,16-30,32-60H2,1-2H3,(H,65,68)/b31-15-. The Hall–Kier alpha value is -1.40. The van der Waals surface area contributed by atoms with Gasteiger partial charge in [-0.3, -0.25) is 9.59 Å². The van der Waals surface area contributed by atoms with Crippen molar-refractivity contribution in [3.63, 3.8) is 0 Å². The number of ether oxygens (including phenoxy) is 1. The predicted octanol–water partition coefficient (Wildman–Crippen LogP) is 20.0. The molecule has 416 valence electrons. The molecule has 0 heterocycles. The molecule has 1 amide bonds. The van der Waals surface area contributed by atoms with E-state index in [9.17, 15) is 19.8 Å². The zero-order chi connectivity index (χ0) is 50.7. The fourth-order valence-electron chi connectivity index (χ4n) is 10.2. The van der Waals surface area contributed by atoms with Crippen molar-refractivity contribution in [2.45, 2.75) is 373 Å². The summed E-state index contributed by atoms with van der Waals surface area (Å²) >= 11 is 0. The van der Waals surface area contributed by atoms with Gasteiger partial charge in [0.05, 0.1) is 25.4 Å². The number of allylic oxidation sites excluding steroid dienone is 2. The number of esters is 1. The first kappa shape index (κ1) is 68.6. The summed E-state index contributed by atoms with van der Waals surface area (Å²) in [4.78, 5) is 24.5. The van der Waals surface area contributed by atoms with Crippen molar-refractivity contribution in [3.8, 4) is 0 Å². The molecule has 0 spiro atoms. The lowest BCUT2D eigenvalue weighted by Crippen LogP contribution is -2.45. The molecular formula is C64H125NO5. The van der Waals surface area contributed by atoms with Gasteiger partial charge in [-0.2, -0.15) is 0 Å². The highest BCUT2D eigenvalue weighted by atomic mass is 16.5. The van der Waals surface area contributed by atoms with E-state index in [0.29, 0.717) is 25.9 Å². The minimum Gasteiger partial charge on any atom is -0.466 e. The summed E-state index contributed by atoms with van der Waals surface area (Å²) in [6.45, 7) is 4.95. The summed E-state index contributed by atoms with van der Waals surface area (Å²) in [5, 5.41) is 23.1. The molecule has 0 aromatic rings. The van der Waals surface area contributed by atoms with Crippen molar-refractivity contribution in [2.24, 2.45) is 0 Å². The molecule has 0 bridgehead atoms. The number of rotatable bonds is 60. The van der Waals surface area contributed by atoms with Gasteiger partial charge in [0.15, 0.2) is 0 Å². The number of aliphatic hydroxyl groups is 2. The van der Waals surface area contributed by atoms with E-state index >= 15 is 0 Å². The van der Waals surface area contributed by atoms with Crippen LogP contribution in [-0.4, -0.2) is 47.4 Å². The van der Waals surface area contributed by atoms with Gasteiger partial charge in [-0.15, -0.1) is 0 Å². The average Bonchev–Trinajstić information content (AvgIpc) is 3.36. The number of unbranched alkanes of at least 4 members (excludes halogenated alkanes) is 47. The quantitative estimate of drug-likeness (QED) is 0.0321. The van der Waals surface area contributed by atoms with Gasteiger partial charge in [0.1, 0.15) is 0 Å². The molecule has 0 aliphatic carbocycles. The summed E-state index contributed by atoms with van der Waals surface area (Å²) in [5.41, 5.74) is 0. The summed E-state index contributed by atoms with van der Waals surface area (Å²) in [7, 11) is 0. The van der Waals surface area contributed by atoms with E-state index < -0.39 is 12.1 Å². The molecule has 0 aliphatic rings. The van der Waals surface area contributed by atoms with Crippen molar-refractivity contribution in [3.05, 3.63) is 12.2 Å². The van der Waals surface area contributed by atoms with E-state index in [1.54, 1.807) is 0 Å². The van der Waals surface area contributed by atoms with Crippen LogP contribution < -0.4 is 5.32 Å². The van der Waals surface area contributed by atoms with E-state index in [1.165, 1.54) is 283 Å². The van der Waals surface area contributed by atoms with Gasteiger partial charge in [0, 0.05) is 12.8 Å². The van der Waals surface area contributed by atoms with Crippen molar-refractivity contribution in [1.29, 1.82) is 0 Å². The number of carbonyl (C=O) groups is 2. The van der Waals surface area contributed by atoms with Crippen LogP contribution in [0.5, 0.6) is 0 Å². The predicted molar refractivity (Wildman–Crippen MR) is 306 cm³/mol. The number of amides is 1. The Kier molecular flexibility index (Phi) is 59.0. The zero-order valence-electron chi connectivity index (χ0n) is 47.5. The number of carbonyl (C=O) groups excluding carboxylic acids is 2. The number of hydrogen-bond acceptors (Lipinski definition) is 5. The highest BCUT2D eigenvalue weighted by Gasteiger charge is 2.20. The molecule has 6 heteroatoms. The molecule has 3 N–H and O–H groups in total. The number of nitrogens with one attached hydrogen (secondary N) is 1. The Balaban J connectivity index is 3.29. The van der Waals surface area contributed by atoms with Crippen molar-refractivity contribution in [2.75, 3.05) is 13.2 Å². The summed E-state index contributed by atoms with van der Waals surface area (Å²) in [5.74, 6) is -0.0203. The van der Waals surface area contributed by atoms with E-state index in [4.69, 9.17) is 4.74 Å². The van der Waals surface area contributed by atoms with E-state index in [-0.39, 0.29) is 18.5 Å². The monoisotopic (exact) mass is 988 g/mol. The molecule has 0 saturated heterocycles. The second-order valence-electron chi connectivity index (χ2n) is 22.1. The fourth-order valence-corrected chi connectivity index (χ4v) is 10.2. The topological polar surface area (TPSA) is 95.9 Å². The largest absolute Gasteiger partial charge is 0.466 e. The van der Waals surface area contributed by atoms with Crippen molar-refractivity contribution < 1.29 is 24.5 Å². The van der Waals surface area contributed by atoms with Crippen LogP contribution in [0.25, 0.3) is 0 Å². The zero-order valence-corrected chi connectivity index (χ0v) is 47.5. The molecule has 0 rings (SSSR count). The van der Waals surface area contributed by atoms with Gasteiger partial charge >= 0.3 is 5.97 Å². The molecule has 70 heavy (non-hydrogen) atoms. The third-order valence-electron chi connectivity index (χ3n) is 15.1. The Morgan fingerprint density at radius 3 is 1.01 bits per heavy atom. The molecule has 0 saturated carbocycles. The highest BCUT2D eigenvalue weighted by molar-refractivity contribution is 5.76. The normalized spacial score (nSPS) is 12.6. The molecule has 0 aliphatic heterocycles. The SMILES string of the molecule is CCCCCCCC/C=C\CCCCCCCC(=O)OCCCCCCCCCCCCCCCCCCCCCCCCCCCCCCCC(=O)NC(CO)C(O)CCCCCCCCCCC. The lowest BCUT2D eigenvalue weighted by molar-refractivity contribution is -0.143. The molecular weight excluding hydrogens is 863 g/mol.